The van der Waals surface area contributed by atoms with E-state index in [0.29, 0.717) is 30.7 Å². The van der Waals surface area contributed by atoms with Gasteiger partial charge in [0.15, 0.2) is 0 Å². The van der Waals surface area contributed by atoms with Gasteiger partial charge < -0.3 is 21.3 Å². The molecule has 0 amide bonds. The van der Waals surface area contributed by atoms with Crippen molar-refractivity contribution in [2.75, 3.05) is 12.3 Å². The average molecular weight is 333 g/mol. The number of aromatic carboxylic acids is 1. The van der Waals surface area contributed by atoms with Crippen molar-refractivity contribution in [3.63, 3.8) is 0 Å². The van der Waals surface area contributed by atoms with Gasteiger partial charge in [0.1, 0.15) is 11.2 Å². The minimum absolute atomic E-state index is 0.0543. The quantitative estimate of drug-likeness (QED) is 0.689. The number of ether oxygens (including phenoxy) is 1. The number of fused-ring (bicyclic) bond motifs is 1. The van der Waals surface area contributed by atoms with Crippen LogP contribution in [0.1, 0.15) is 54.5 Å². The zero-order valence-corrected chi connectivity index (χ0v) is 14.8. The number of anilines is 1. The Morgan fingerprint density at radius 3 is 2.71 bits per heavy atom. The highest BCUT2D eigenvalue weighted by atomic mass is 16.5. The molecule has 1 heterocycles. The van der Waals surface area contributed by atoms with Crippen LogP contribution in [-0.4, -0.2) is 28.7 Å². The van der Waals surface area contributed by atoms with Crippen LogP contribution in [0.5, 0.6) is 0 Å². The second kappa shape index (κ2) is 6.91. The number of nitrogen functional groups attached to an aromatic ring is 1. The number of nitrogens with two attached hydrogens (primary N) is 2. The van der Waals surface area contributed by atoms with E-state index in [-0.39, 0.29) is 23.2 Å². The van der Waals surface area contributed by atoms with Crippen LogP contribution < -0.4 is 11.5 Å². The van der Waals surface area contributed by atoms with Gasteiger partial charge in [-0.2, -0.15) is 0 Å². The SMILES string of the molecule is CCC1(OCC(N)C(C)C)C=CCc2nc(C)c(C(=O)O)c(N)c21. The third kappa shape index (κ3) is 3.16. The van der Waals surface area contributed by atoms with Crippen LogP contribution in [0.15, 0.2) is 12.2 Å². The lowest BCUT2D eigenvalue weighted by molar-refractivity contribution is -0.0283. The van der Waals surface area contributed by atoms with Gasteiger partial charge in [0, 0.05) is 18.0 Å². The number of nitrogens with zero attached hydrogens (tertiary/aromatic N) is 1. The fourth-order valence-electron chi connectivity index (χ4n) is 3.08. The minimum atomic E-state index is -1.07. The van der Waals surface area contributed by atoms with Gasteiger partial charge >= 0.3 is 5.97 Å². The molecule has 132 valence electrons. The molecule has 0 saturated heterocycles. The number of hydrogen-bond donors (Lipinski definition) is 3. The number of hydrogen-bond acceptors (Lipinski definition) is 5. The fourth-order valence-corrected chi connectivity index (χ4v) is 3.08. The monoisotopic (exact) mass is 333 g/mol. The topological polar surface area (TPSA) is 111 Å². The van der Waals surface area contributed by atoms with Crippen molar-refractivity contribution in [3.05, 3.63) is 34.7 Å². The van der Waals surface area contributed by atoms with E-state index in [4.69, 9.17) is 16.2 Å². The molecule has 5 N–H and O–H groups in total. The van der Waals surface area contributed by atoms with Crippen molar-refractivity contribution in [1.29, 1.82) is 0 Å². The lowest BCUT2D eigenvalue weighted by Gasteiger charge is -2.37. The summed E-state index contributed by atoms with van der Waals surface area (Å²) in [6.45, 7) is 8.10. The number of aryl methyl sites for hydroxylation is 1. The molecule has 0 spiro atoms. The van der Waals surface area contributed by atoms with Gasteiger partial charge in [-0.25, -0.2) is 4.79 Å². The van der Waals surface area contributed by atoms with E-state index in [1.165, 1.54) is 0 Å². The summed E-state index contributed by atoms with van der Waals surface area (Å²) >= 11 is 0. The van der Waals surface area contributed by atoms with Crippen molar-refractivity contribution in [2.45, 2.75) is 52.2 Å². The molecule has 1 aliphatic carbocycles. The summed E-state index contributed by atoms with van der Waals surface area (Å²) in [4.78, 5) is 16.1. The molecule has 0 aromatic carbocycles. The van der Waals surface area contributed by atoms with E-state index in [2.05, 4.69) is 4.98 Å². The predicted molar refractivity (Wildman–Crippen MR) is 93.9 cm³/mol. The van der Waals surface area contributed by atoms with Crippen LogP contribution >= 0.6 is 0 Å². The van der Waals surface area contributed by atoms with Crippen LogP contribution in [0.25, 0.3) is 0 Å². The molecule has 1 aromatic rings. The Balaban J connectivity index is 2.53. The summed E-state index contributed by atoms with van der Waals surface area (Å²) in [5, 5.41) is 9.48. The number of pyridine rings is 1. The number of carbonyl (C=O) groups is 1. The summed E-state index contributed by atoms with van der Waals surface area (Å²) in [5.41, 5.74) is 13.8. The highest BCUT2D eigenvalue weighted by Gasteiger charge is 2.38. The molecule has 1 aromatic heterocycles. The molecule has 0 fully saturated rings. The second-order valence-corrected chi connectivity index (χ2v) is 6.68. The van der Waals surface area contributed by atoms with E-state index in [0.717, 1.165) is 5.69 Å². The normalized spacial score (nSPS) is 20.9. The molecule has 0 aliphatic heterocycles. The van der Waals surface area contributed by atoms with Gasteiger partial charge in [-0.3, -0.25) is 4.98 Å². The third-order valence-corrected chi connectivity index (χ3v) is 4.74. The first-order valence-electron chi connectivity index (χ1n) is 8.33. The predicted octanol–water partition coefficient (Wildman–Crippen LogP) is 2.39. The maximum absolute atomic E-state index is 11.6. The molecular formula is C18H27N3O3. The average Bonchev–Trinajstić information content (AvgIpc) is 2.51. The maximum Gasteiger partial charge on any atom is 0.339 e. The Bertz CT molecular complexity index is 670. The highest BCUT2D eigenvalue weighted by molar-refractivity contribution is 5.96. The zero-order valence-electron chi connectivity index (χ0n) is 14.8. The summed E-state index contributed by atoms with van der Waals surface area (Å²) in [7, 11) is 0. The Labute approximate surface area is 142 Å². The number of rotatable bonds is 6. The lowest BCUT2D eigenvalue weighted by atomic mass is 9.81. The van der Waals surface area contributed by atoms with E-state index in [1.807, 2.05) is 32.9 Å². The summed E-state index contributed by atoms with van der Waals surface area (Å²) in [5.74, 6) is -0.784. The molecule has 2 atom stereocenters. The second-order valence-electron chi connectivity index (χ2n) is 6.68. The van der Waals surface area contributed by atoms with Crippen molar-refractivity contribution >= 4 is 11.7 Å². The molecule has 1 aliphatic rings. The highest BCUT2D eigenvalue weighted by Crippen LogP contribution is 2.41. The third-order valence-electron chi connectivity index (χ3n) is 4.74. The lowest BCUT2D eigenvalue weighted by Crippen LogP contribution is -2.39. The maximum atomic E-state index is 11.6. The van der Waals surface area contributed by atoms with E-state index in [1.54, 1.807) is 6.92 Å². The largest absolute Gasteiger partial charge is 0.478 e. The minimum Gasteiger partial charge on any atom is -0.478 e. The first-order valence-corrected chi connectivity index (χ1v) is 8.33. The standard InChI is InChI=1S/C18H27N3O3/c1-5-18(24-9-12(19)10(2)3)8-6-7-13-15(18)16(20)14(17(22)23)11(4)21-13/h6,8,10,12H,5,7,9,19H2,1-4H3,(H2,20,21)(H,22,23). The van der Waals surface area contributed by atoms with Crippen molar-refractivity contribution < 1.29 is 14.6 Å². The Morgan fingerprint density at radius 1 is 1.50 bits per heavy atom. The molecule has 2 rings (SSSR count). The molecule has 6 nitrogen and oxygen atoms in total. The molecule has 24 heavy (non-hydrogen) atoms. The molecule has 0 bridgehead atoms. The van der Waals surface area contributed by atoms with Crippen molar-refractivity contribution in [2.24, 2.45) is 11.7 Å². The molecule has 2 unspecified atom stereocenters. The van der Waals surface area contributed by atoms with Crippen LogP contribution in [0.3, 0.4) is 0 Å². The Hall–Kier alpha value is -1.92. The van der Waals surface area contributed by atoms with Gasteiger partial charge in [0.05, 0.1) is 23.7 Å². The molecule has 0 saturated carbocycles. The van der Waals surface area contributed by atoms with E-state index in [9.17, 15) is 9.90 Å². The number of carboxylic acid groups (broad SMARTS) is 1. The van der Waals surface area contributed by atoms with Gasteiger partial charge in [0.25, 0.3) is 0 Å². The summed E-state index contributed by atoms with van der Waals surface area (Å²) in [6.07, 6.45) is 5.19. The van der Waals surface area contributed by atoms with Crippen LogP contribution in [0.4, 0.5) is 5.69 Å². The Kier molecular flexibility index (Phi) is 5.30. The van der Waals surface area contributed by atoms with Crippen LogP contribution in [0.2, 0.25) is 0 Å². The summed E-state index contributed by atoms with van der Waals surface area (Å²) in [6, 6.07) is -0.106. The van der Waals surface area contributed by atoms with E-state index >= 15 is 0 Å². The first kappa shape index (κ1) is 18.4. The fraction of sp³-hybridized carbons (Fsp3) is 0.556. The van der Waals surface area contributed by atoms with Crippen LogP contribution in [0, 0.1) is 12.8 Å². The van der Waals surface area contributed by atoms with Gasteiger partial charge in [-0.05, 0) is 19.3 Å². The molecule has 0 radical (unpaired) electrons. The molecule has 6 heteroatoms. The smallest absolute Gasteiger partial charge is 0.339 e. The zero-order chi connectivity index (χ0) is 18.1. The number of aromatic nitrogens is 1. The number of allylic oxidation sites excluding steroid dienone is 1. The van der Waals surface area contributed by atoms with Gasteiger partial charge in [-0.1, -0.05) is 32.9 Å². The number of carboxylic acids is 1. The first-order chi connectivity index (χ1) is 11.2. The molecular weight excluding hydrogens is 306 g/mol. The van der Waals surface area contributed by atoms with E-state index < -0.39 is 11.6 Å². The Morgan fingerprint density at radius 2 is 2.17 bits per heavy atom. The van der Waals surface area contributed by atoms with Crippen molar-refractivity contribution in [1.82, 2.24) is 4.98 Å². The van der Waals surface area contributed by atoms with Crippen LogP contribution in [-0.2, 0) is 16.8 Å². The van der Waals surface area contributed by atoms with Gasteiger partial charge in [0.2, 0.25) is 0 Å². The summed E-state index contributed by atoms with van der Waals surface area (Å²) < 4.78 is 6.20. The van der Waals surface area contributed by atoms with Crippen molar-refractivity contribution in [3.8, 4) is 0 Å². The van der Waals surface area contributed by atoms with Gasteiger partial charge in [-0.15, -0.1) is 0 Å².